The molecule has 26 heavy (non-hydrogen) atoms. The molecule has 7 heteroatoms. The van der Waals surface area contributed by atoms with Crippen molar-refractivity contribution < 1.29 is 19.2 Å². The minimum absolute atomic E-state index is 0.0259. The highest BCUT2D eigenvalue weighted by Gasteiger charge is 2.34. The van der Waals surface area contributed by atoms with E-state index >= 15 is 0 Å². The number of amides is 1. The lowest BCUT2D eigenvalue weighted by Crippen LogP contribution is -2.43. The molecule has 1 heterocycles. The largest absolute Gasteiger partial charge is 0.493 e. The first-order valence-corrected chi connectivity index (χ1v) is 8.32. The average molecular weight is 356 g/mol. The SMILES string of the molecule is COc1ccc([N+](=O)[O-])cc1O[C@@H](C)C(=O)N1c2ccccc2C[C@@H]1C. The number of nitro benzene ring substituents is 1. The van der Waals surface area contributed by atoms with Gasteiger partial charge in [-0.2, -0.15) is 0 Å². The van der Waals surface area contributed by atoms with Crippen LogP contribution in [-0.2, 0) is 11.2 Å². The molecule has 0 unspecified atom stereocenters. The Kier molecular flexibility index (Phi) is 4.79. The molecule has 1 aliphatic heterocycles. The van der Waals surface area contributed by atoms with Gasteiger partial charge in [0.15, 0.2) is 17.6 Å². The Morgan fingerprint density at radius 1 is 1.27 bits per heavy atom. The molecule has 0 bridgehead atoms. The van der Waals surface area contributed by atoms with Crippen molar-refractivity contribution >= 4 is 17.3 Å². The molecule has 7 nitrogen and oxygen atoms in total. The molecular formula is C19H20N2O5. The van der Waals surface area contributed by atoms with Crippen molar-refractivity contribution in [3.63, 3.8) is 0 Å². The van der Waals surface area contributed by atoms with E-state index in [1.807, 2.05) is 31.2 Å². The molecule has 0 spiro atoms. The van der Waals surface area contributed by atoms with Gasteiger partial charge in [0, 0.05) is 17.8 Å². The lowest BCUT2D eigenvalue weighted by molar-refractivity contribution is -0.385. The number of methoxy groups -OCH3 is 1. The van der Waals surface area contributed by atoms with Crippen LogP contribution in [0.25, 0.3) is 0 Å². The summed E-state index contributed by atoms with van der Waals surface area (Å²) in [6.07, 6.45) is -0.0334. The average Bonchev–Trinajstić information content (AvgIpc) is 2.96. The molecule has 0 aliphatic carbocycles. The van der Waals surface area contributed by atoms with Gasteiger partial charge in [0.25, 0.3) is 11.6 Å². The third kappa shape index (κ3) is 3.20. The van der Waals surface area contributed by atoms with E-state index in [0.717, 1.165) is 17.7 Å². The zero-order valence-corrected chi connectivity index (χ0v) is 14.8. The number of nitrogens with zero attached hydrogens (tertiary/aromatic N) is 2. The van der Waals surface area contributed by atoms with E-state index in [-0.39, 0.29) is 23.4 Å². The van der Waals surface area contributed by atoms with Crippen LogP contribution in [0.3, 0.4) is 0 Å². The molecule has 0 saturated heterocycles. The Morgan fingerprint density at radius 3 is 2.69 bits per heavy atom. The Labute approximate surface area is 151 Å². The molecule has 1 amide bonds. The Hall–Kier alpha value is -3.09. The van der Waals surface area contributed by atoms with Crippen LogP contribution < -0.4 is 14.4 Å². The zero-order chi connectivity index (χ0) is 18.8. The number of fused-ring (bicyclic) bond motifs is 1. The lowest BCUT2D eigenvalue weighted by Gasteiger charge is -2.26. The van der Waals surface area contributed by atoms with Crippen molar-refractivity contribution in [2.45, 2.75) is 32.4 Å². The number of ether oxygens (including phenoxy) is 2. The van der Waals surface area contributed by atoms with Crippen molar-refractivity contribution in [1.82, 2.24) is 0 Å². The molecule has 2 aromatic rings. The first-order chi connectivity index (χ1) is 12.4. The summed E-state index contributed by atoms with van der Waals surface area (Å²) in [5.74, 6) is 0.309. The molecule has 136 valence electrons. The van der Waals surface area contributed by atoms with Gasteiger partial charge in [-0.1, -0.05) is 18.2 Å². The number of carbonyl (C=O) groups excluding carboxylic acids is 1. The van der Waals surface area contributed by atoms with Gasteiger partial charge >= 0.3 is 0 Å². The maximum Gasteiger partial charge on any atom is 0.273 e. The van der Waals surface area contributed by atoms with Crippen LogP contribution in [0.4, 0.5) is 11.4 Å². The van der Waals surface area contributed by atoms with Crippen LogP contribution >= 0.6 is 0 Å². The Morgan fingerprint density at radius 2 is 2.00 bits per heavy atom. The predicted octanol–water partition coefficient (Wildman–Crippen LogP) is 3.35. The number of benzene rings is 2. The third-order valence-corrected chi connectivity index (χ3v) is 4.45. The predicted molar refractivity (Wildman–Crippen MR) is 96.8 cm³/mol. The second-order valence-electron chi connectivity index (χ2n) is 6.24. The number of non-ortho nitro benzene ring substituents is 1. The summed E-state index contributed by atoms with van der Waals surface area (Å²) in [4.78, 5) is 25.2. The van der Waals surface area contributed by atoms with Crippen molar-refractivity contribution in [3.8, 4) is 11.5 Å². The van der Waals surface area contributed by atoms with E-state index < -0.39 is 11.0 Å². The maximum absolute atomic E-state index is 13.0. The smallest absolute Gasteiger partial charge is 0.273 e. The van der Waals surface area contributed by atoms with Gasteiger partial charge in [0.2, 0.25) is 0 Å². The summed E-state index contributed by atoms with van der Waals surface area (Å²) in [6, 6.07) is 11.8. The van der Waals surface area contributed by atoms with E-state index in [2.05, 4.69) is 0 Å². The highest BCUT2D eigenvalue weighted by molar-refractivity contribution is 5.99. The van der Waals surface area contributed by atoms with Crippen LogP contribution in [0.2, 0.25) is 0 Å². The molecule has 3 rings (SSSR count). The summed E-state index contributed by atoms with van der Waals surface area (Å²) in [5.41, 5.74) is 1.88. The lowest BCUT2D eigenvalue weighted by atomic mass is 10.1. The normalized spacial score (nSPS) is 16.7. The third-order valence-electron chi connectivity index (χ3n) is 4.45. The van der Waals surface area contributed by atoms with Crippen molar-refractivity contribution in [2.24, 2.45) is 0 Å². The quantitative estimate of drug-likeness (QED) is 0.606. The fourth-order valence-corrected chi connectivity index (χ4v) is 3.21. The van der Waals surface area contributed by atoms with Gasteiger partial charge in [0.05, 0.1) is 18.1 Å². The molecule has 0 fully saturated rings. The van der Waals surface area contributed by atoms with Crippen LogP contribution in [-0.4, -0.2) is 30.1 Å². The van der Waals surface area contributed by atoms with Gasteiger partial charge < -0.3 is 14.4 Å². The molecule has 0 aromatic heterocycles. The zero-order valence-electron chi connectivity index (χ0n) is 14.8. The number of rotatable bonds is 5. The van der Waals surface area contributed by atoms with Gasteiger partial charge in [-0.05, 0) is 38.0 Å². The number of hydrogen-bond donors (Lipinski definition) is 0. The van der Waals surface area contributed by atoms with Crippen LogP contribution in [0.1, 0.15) is 19.4 Å². The molecule has 0 radical (unpaired) electrons. The molecule has 1 aliphatic rings. The topological polar surface area (TPSA) is 81.9 Å². The summed E-state index contributed by atoms with van der Waals surface area (Å²) < 4.78 is 10.9. The Balaban J connectivity index is 1.84. The van der Waals surface area contributed by atoms with E-state index in [9.17, 15) is 14.9 Å². The van der Waals surface area contributed by atoms with Crippen molar-refractivity contribution in [3.05, 3.63) is 58.1 Å². The second-order valence-corrected chi connectivity index (χ2v) is 6.24. The van der Waals surface area contributed by atoms with Crippen LogP contribution in [0, 0.1) is 10.1 Å². The van der Waals surface area contributed by atoms with E-state index in [1.165, 1.54) is 25.3 Å². The fourth-order valence-electron chi connectivity index (χ4n) is 3.21. The molecule has 0 saturated carbocycles. The monoisotopic (exact) mass is 356 g/mol. The van der Waals surface area contributed by atoms with Crippen LogP contribution in [0.5, 0.6) is 11.5 Å². The van der Waals surface area contributed by atoms with E-state index in [0.29, 0.717) is 5.75 Å². The van der Waals surface area contributed by atoms with E-state index in [1.54, 1.807) is 11.8 Å². The van der Waals surface area contributed by atoms with Crippen molar-refractivity contribution in [2.75, 3.05) is 12.0 Å². The molecule has 2 atom stereocenters. The summed E-state index contributed by atoms with van der Waals surface area (Å²) >= 11 is 0. The van der Waals surface area contributed by atoms with Gasteiger partial charge in [-0.3, -0.25) is 14.9 Å². The summed E-state index contributed by atoms with van der Waals surface area (Å²) in [7, 11) is 1.44. The first kappa shape index (κ1) is 17.7. The van der Waals surface area contributed by atoms with Crippen molar-refractivity contribution in [1.29, 1.82) is 0 Å². The maximum atomic E-state index is 13.0. The first-order valence-electron chi connectivity index (χ1n) is 8.32. The minimum Gasteiger partial charge on any atom is -0.493 e. The Bertz CT molecular complexity index is 852. The number of para-hydroxylation sites is 1. The van der Waals surface area contributed by atoms with Crippen LogP contribution in [0.15, 0.2) is 42.5 Å². The number of nitro groups is 1. The minimum atomic E-state index is -0.820. The molecular weight excluding hydrogens is 336 g/mol. The highest BCUT2D eigenvalue weighted by atomic mass is 16.6. The summed E-state index contributed by atoms with van der Waals surface area (Å²) in [5, 5.41) is 11.0. The molecule has 2 aromatic carbocycles. The number of hydrogen-bond acceptors (Lipinski definition) is 5. The highest BCUT2D eigenvalue weighted by Crippen LogP contribution is 2.35. The molecule has 0 N–H and O–H groups in total. The van der Waals surface area contributed by atoms with Gasteiger partial charge in [0.1, 0.15) is 0 Å². The van der Waals surface area contributed by atoms with Gasteiger partial charge in [-0.25, -0.2) is 0 Å². The fraction of sp³-hybridized carbons (Fsp3) is 0.316. The number of anilines is 1. The van der Waals surface area contributed by atoms with E-state index in [4.69, 9.17) is 9.47 Å². The van der Waals surface area contributed by atoms with Gasteiger partial charge in [-0.15, -0.1) is 0 Å². The summed E-state index contributed by atoms with van der Waals surface area (Å²) in [6.45, 7) is 3.62. The standard InChI is InChI=1S/C19H20N2O5/c1-12-10-14-6-4-5-7-16(14)20(12)19(22)13(2)26-18-11-15(21(23)24)8-9-17(18)25-3/h4-9,11-13H,10H2,1-3H3/t12-,13-/m0/s1. The number of carbonyl (C=O) groups is 1. The second kappa shape index (κ2) is 7.03.